The summed E-state index contributed by atoms with van der Waals surface area (Å²) in [7, 11) is -7.87. The van der Waals surface area contributed by atoms with Crippen LogP contribution in [0.5, 0.6) is 5.75 Å². The molecule has 0 aliphatic carbocycles. The number of hydrogen-bond donors (Lipinski definition) is 4. The van der Waals surface area contributed by atoms with Crippen molar-refractivity contribution in [2.24, 2.45) is 0 Å². The molecule has 28 heteroatoms. The molecule has 0 radical (unpaired) electrons. The number of para-hydroxylation sites is 4. The van der Waals surface area contributed by atoms with Crippen LogP contribution in [0.1, 0.15) is 173 Å². The molecule has 5 N–H and O–H groups in total. The molecule has 0 spiro atoms. The number of benzene rings is 8. The Balaban J connectivity index is 0.000000225. The number of halogens is 1. The first-order chi connectivity index (χ1) is 52.9. The van der Waals surface area contributed by atoms with Crippen LogP contribution in [0, 0.1) is 6.92 Å². The number of nitrogens with two attached hydrogens (primary N) is 1. The van der Waals surface area contributed by atoms with Crippen molar-refractivity contribution in [3.8, 4) is 5.75 Å². The topological polar surface area (TPSA) is 298 Å². The maximum atomic E-state index is 13.3. The Morgan fingerprint density at radius 3 is 1.13 bits per heavy atom. The molecule has 4 unspecified atom stereocenters. The monoisotopic (exact) mass is 1620 g/mol. The highest BCUT2D eigenvalue weighted by Gasteiger charge is 2.40. The number of anilines is 4. The van der Waals surface area contributed by atoms with Crippen LogP contribution in [0.15, 0.2) is 202 Å². The number of nitrogens with one attached hydrogen (secondary N) is 3. The summed E-state index contributed by atoms with van der Waals surface area (Å²) in [6, 6.07) is 56.1. The third-order valence-electron chi connectivity index (χ3n) is 19.4. The third-order valence-corrected chi connectivity index (χ3v) is 26.7. The van der Waals surface area contributed by atoms with Crippen LogP contribution in [-0.4, -0.2) is 133 Å². The predicted molar refractivity (Wildman–Crippen MR) is 428 cm³/mol. The molecule has 600 valence electrons. The minimum atomic E-state index is -3.69. The fourth-order valence-electron chi connectivity index (χ4n) is 13.8. The molecule has 0 fully saturated rings. The quantitative estimate of drug-likeness (QED) is 0.0367. The summed E-state index contributed by atoms with van der Waals surface area (Å²) in [5.41, 5.74) is 11.1. The molecule has 4 aliphatic heterocycles. The first-order valence-electron chi connectivity index (χ1n) is 37.5. The Kier molecular flexibility index (Phi) is 36.6. The molecule has 23 nitrogen and oxygen atoms in total. The number of rotatable bonds is 26. The second-order valence-electron chi connectivity index (χ2n) is 26.4. The Morgan fingerprint density at radius 2 is 0.703 bits per heavy atom. The van der Waals surface area contributed by atoms with Gasteiger partial charge in [0.05, 0.1) is 73.6 Å². The summed E-state index contributed by atoms with van der Waals surface area (Å²) in [4.78, 5) is 34.0. The Bertz CT molecular complexity index is 4700. The lowest BCUT2D eigenvalue weighted by Gasteiger charge is -2.22. The van der Waals surface area contributed by atoms with Crippen molar-refractivity contribution in [1.29, 1.82) is 0 Å². The summed E-state index contributed by atoms with van der Waals surface area (Å²) in [6.45, 7) is 18.7. The van der Waals surface area contributed by atoms with Crippen LogP contribution in [0.4, 0.5) is 22.7 Å². The lowest BCUT2D eigenvalue weighted by molar-refractivity contribution is -0.687. The van der Waals surface area contributed by atoms with Crippen LogP contribution in [0.25, 0.3) is 0 Å². The smallest absolute Gasteiger partial charge is 0.373 e. The minimum Gasteiger partial charge on any atom is -1.00 e. The number of hydrogen-bond acceptors (Lipinski definition) is 18. The second-order valence-corrected chi connectivity index (χ2v) is 34.2. The maximum Gasteiger partial charge on any atom is 0.373 e. The van der Waals surface area contributed by atoms with Gasteiger partial charge in [-0.3, -0.25) is 17.2 Å². The summed E-state index contributed by atoms with van der Waals surface area (Å²) in [5.74, 6) is 0.555. The molecular formula is C83H107ClN8O15S4. The molecule has 12 rings (SSSR count). The average molecular weight is 1620 g/mol. The van der Waals surface area contributed by atoms with Gasteiger partial charge in [-0.1, -0.05) is 173 Å². The molecule has 8 aromatic rings. The third kappa shape index (κ3) is 22.6. The first kappa shape index (κ1) is 91.2. The van der Waals surface area contributed by atoms with E-state index in [1.54, 1.807) is 64.6 Å². The number of aryl methyl sites for hydroxylation is 1. The van der Waals surface area contributed by atoms with Gasteiger partial charge in [-0.05, 0) is 167 Å². The van der Waals surface area contributed by atoms with Gasteiger partial charge in [0.25, 0.3) is 40.1 Å². The zero-order valence-corrected chi connectivity index (χ0v) is 69.1. The number of ether oxygens (including phenoxy) is 3. The SMILES string of the molecule is CCCCCCNC1c2ccccc2N(C)S(=O)(=O)c2ccccc21.CCCCCC[NH2+]C1c2ccccc2N(C)S(=O)(=O)c2ccccc21.CCOCCCNC1c2ccccc2N(C)S(=O)(=O)c2cc(C)ccc21.CCOCCCNC1c2ccccc2N(C)S(=O)(=O)c2cc(OCC)ccc21.O=C=O.O=C=O.[Cl-]. The molecule has 0 bridgehead atoms. The van der Waals surface area contributed by atoms with E-state index < -0.39 is 40.1 Å². The van der Waals surface area contributed by atoms with Crippen LogP contribution >= 0.6 is 0 Å². The zero-order chi connectivity index (χ0) is 80.0. The van der Waals surface area contributed by atoms with Crippen molar-refractivity contribution in [2.45, 2.75) is 149 Å². The lowest BCUT2D eigenvalue weighted by atomic mass is 9.96. The van der Waals surface area contributed by atoms with Crippen molar-refractivity contribution >= 4 is 75.1 Å². The molecule has 0 amide bonds. The molecule has 8 aromatic carbocycles. The number of fused-ring (bicyclic) bond motifs is 8. The number of unbranched alkanes of at least 4 members (excludes halogenated alkanes) is 6. The van der Waals surface area contributed by atoms with Gasteiger partial charge in [-0.15, -0.1) is 0 Å². The van der Waals surface area contributed by atoms with E-state index in [4.69, 9.17) is 33.4 Å². The summed E-state index contributed by atoms with van der Waals surface area (Å²) >= 11 is 0. The molecule has 4 atom stereocenters. The van der Waals surface area contributed by atoms with Crippen molar-refractivity contribution in [3.63, 3.8) is 0 Å². The van der Waals surface area contributed by atoms with E-state index in [0.29, 0.717) is 64.8 Å². The van der Waals surface area contributed by atoms with Gasteiger partial charge in [-0.25, -0.2) is 33.7 Å². The van der Waals surface area contributed by atoms with E-state index in [-0.39, 0.29) is 53.8 Å². The van der Waals surface area contributed by atoms with Gasteiger partial charge in [-0.2, -0.15) is 19.2 Å². The van der Waals surface area contributed by atoms with Crippen LogP contribution in [0.2, 0.25) is 0 Å². The van der Waals surface area contributed by atoms with Gasteiger partial charge in [0.1, 0.15) is 11.8 Å². The molecule has 0 saturated carbocycles. The van der Waals surface area contributed by atoms with Crippen LogP contribution in [-0.2, 0) is 68.7 Å². The van der Waals surface area contributed by atoms with Gasteiger partial charge in [0, 0.05) is 71.8 Å². The van der Waals surface area contributed by atoms with Crippen molar-refractivity contribution in [3.05, 3.63) is 232 Å². The van der Waals surface area contributed by atoms with Crippen LogP contribution < -0.4 is 55.6 Å². The van der Waals surface area contributed by atoms with E-state index >= 15 is 0 Å². The number of nitrogens with zero attached hydrogens (tertiary/aromatic N) is 4. The standard InChI is InChI=1S/C21H28N2O4S.C20H26N2O3S.2C20H26N2O2S.2CO2.ClH/c1-4-26-14-8-13-22-21-17-9-6-7-10-19(17)23(3)28(24,25)20-15-16(27-5-2)11-12-18(20)21;1-4-25-13-7-12-21-20-16-8-5-6-9-18(16)22(3)26(23,24)19-14-15(2)10-11-17(19)20;2*1-3-4-5-10-15-21-20-16-11-6-8-13-18(16)22(2)25(23,24)19-14-9-7-12-17(19)20;2*2-1-3;/h6-7,9-12,15,21-22H,4-5,8,13-14H2,1-3H3;5-6,8-11,14,20-21H,4,7,12-13H2,1-3H3;2*6-9,11-14,20-21H,3-5,10,15H2,1-2H3;;;1H. The number of sulfonamides is 4. The largest absolute Gasteiger partial charge is 1.00 e. The van der Waals surface area contributed by atoms with Crippen molar-refractivity contribution < 1.29 is 84.8 Å². The molecular weight excluding hydrogens is 1510 g/mol. The van der Waals surface area contributed by atoms with Crippen molar-refractivity contribution in [1.82, 2.24) is 16.0 Å². The normalized spacial score (nSPS) is 17.1. The summed E-state index contributed by atoms with van der Waals surface area (Å²) in [5, 5.41) is 13.0. The predicted octanol–water partition coefficient (Wildman–Crippen LogP) is 9.55. The van der Waals surface area contributed by atoms with Gasteiger partial charge < -0.3 is 47.9 Å². The highest BCUT2D eigenvalue weighted by Crippen LogP contribution is 2.45. The Morgan fingerprint density at radius 1 is 0.369 bits per heavy atom. The second kappa shape index (κ2) is 44.6. The van der Waals surface area contributed by atoms with Crippen LogP contribution in [0.3, 0.4) is 0 Å². The fourth-order valence-corrected chi connectivity index (χ4v) is 19.8. The molecule has 0 saturated heterocycles. The fraction of sp³-hybridized carbons (Fsp3) is 0.398. The zero-order valence-electron chi connectivity index (χ0n) is 65.1. The summed E-state index contributed by atoms with van der Waals surface area (Å²) < 4.78 is 127. The van der Waals surface area contributed by atoms with E-state index in [0.717, 1.165) is 113 Å². The number of carbonyl (C=O) groups excluding carboxylic acids is 4. The maximum absolute atomic E-state index is 13.3. The Hall–Kier alpha value is -8.63. The average Bonchev–Trinajstić information content (AvgIpc) is 1.64. The Labute approximate surface area is 663 Å². The van der Waals surface area contributed by atoms with Gasteiger partial charge in [0.15, 0.2) is 0 Å². The molecule has 4 heterocycles. The highest BCUT2D eigenvalue weighted by molar-refractivity contribution is 7.93. The molecule has 0 aromatic heterocycles. The van der Waals surface area contributed by atoms with Gasteiger partial charge in [0.2, 0.25) is 0 Å². The van der Waals surface area contributed by atoms with E-state index in [1.807, 2.05) is 167 Å². The van der Waals surface area contributed by atoms with E-state index in [9.17, 15) is 33.7 Å². The minimum absolute atomic E-state index is 0. The van der Waals surface area contributed by atoms with Gasteiger partial charge >= 0.3 is 12.3 Å². The first-order valence-corrected chi connectivity index (χ1v) is 43.2. The van der Waals surface area contributed by atoms with Crippen molar-refractivity contribution in [2.75, 3.05) is 105 Å². The molecule has 4 aliphatic rings. The number of quaternary nitrogens is 1. The highest BCUT2D eigenvalue weighted by atomic mass is 35.5. The summed E-state index contributed by atoms with van der Waals surface area (Å²) in [6.07, 6.45) is 11.8. The van der Waals surface area contributed by atoms with E-state index in [1.165, 1.54) is 55.7 Å². The lowest BCUT2D eigenvalue weighted by Crippen LogP contribution is -3.00. The van der Waals surface area contributed by atoms with E-state index in [2.05, 4.69) is 41.2 Å². The molecule has 111 heavy (non-hydrogen) atoms.